The standard InChI is InChI=1S/C13H16OS/c14-8-3-9-15-13-7-6-11-4-1-2-5-12(11)10-13/h6-8,10H,1-5,9H2. The van der Waals surface area contributed by atoms with E-state index in [2.05, 4.69) is 18.2 Å². The van der Waals surface area contributed by atoms with E-state index in [1.54, 1.807) is 11.8 Å². The molecule has 0 spiro atoms. The first-order valence-corrected chi connectivity index (χ1v) is 6.57. The summed E-state index contributed by atoms with van der Waals surface area (Å²) < 4.78 is 0. The van der Waals surface area contributed by atoms with Crippen molar-refractivity contribution in [3.63, 3.8) is 0 Å². The highest BCUT2D eigenvalue weighted by Gasteiger charge is 2.09. The van der Waals surface area contributed by atoms with Gasteiger partial charge in [0.05, 0.1) is 0 Å². The van der Waals surface area contributed by atoms with Gasteiger partial charge in [-0.05, 0) is 48.9 Å². The molecule has 0 amide bonds. The number of aldehydes is 1. The Kier molecular flexibility index (Phi) is 3.84. The van der Waals surface area contributed by atoms with Gasteiger partial charge in [-0.25, -0.2) is 0 Å². The lowest BCUT2D eigenvalue weighted by Gasteiger charge is -2.16. The molecule has 0 heterocycles. The smallest absolute Gasteiger partial charge is 0.120 e. The quantitative estimate of drug-likeness (QED) is 0.440. The van der Waals surface area contributed by atoms with Crippen LogP contribution in [0.5, 0.6) is 0 Å². The number of carbonyl (C=O) groups excluding carboxylic acids is 1. The van der Waals surface area contributed by atoms with Crippen molar-refractivity contribution in [2.45, 2.75) is 37.0 Å². The third-order valence-electron chi connectivity index (χ3n) is 2.82. The lowest BCUT2D eigenvalue weighted by atomic mass is 9.92. The molecule has 80 valence electrons. The molecule has 15 heavy (non-hydrogen) atoms. The summed E-state index contributed by atoms with van der Waals surface area (Å²) >= 11 is 1.79. The molecule has 0 bridgehead atoms. The highest BCUT2D eigenvalue weighted by molar-refractivity contribution is 7.99. The van der Waals surface area contributed by atoms with Crippen molar-refractivity contribution in [3.05, 3.63) is 29.3 Å². The maximum Gasteiger partial charge on any atom is 0.120 e. The van der Waals surface area contributed by atoms with Crippen LogP contribution in [0.15, 0.2) is 23.1 Å². The summed E-state index contributed by atoms with van der Waals surface area (Å²) in [5, 5.41) is 0. The Morgan fingerprint density at radius 3 is 2.80 bits per heavy atom. The van der Waals surface area contributed by atoms with Crippen LogP contribution < -0.4 is 0 Å². The van der Waals surface area contributed by atoms with Crippen molar-refractivity contribution in [1.29, 1.82) is 0 Å². The molecule has 0 fully saturated rings. The average Bonchev–Trinajstić information content (AvgIpc) is 2.29. The summed E-state index contributed by atoms with van der Waals surface area (Å²) in [6.07, 6.45) is 6.79. The molecule has 0 saturated carbocycles. The summed E-state index contributed by atoms with van der Waals surface area (Å²) in [7, 11) is 0. The average molecular weight is 220 g/mol. The lowest BCUT2D eigenvalue weighted by molar-refractivity contribution is -0.107. The van der Waals surface area contributed by atoms with Gasteiger partial charge in [0, 0.05) is 17.1 Å². The molecule has 1 aliphatic carbocycles. The summed E-state index contributed by atoms with van der Waals surface area (Å²) in [6, 6.07) is 6.77. The molecule has 1 aromatic rings. The number of carbonyl (C=O) groups is 1. The largest absolute Gasteiger partial charge is 0.303 e. The summed E-state index contributed by atoms with van der Waals surface area (Å²) in [6.45, 7) is 0. The number of hydrogen-bond acceptors (Lipinski definition) is 2. The Balaban J connectivity index is 2.03. The van der Waals surface area contributed by atoms with E-state index in [1.165, 1.54) is 41.7 Å². The predicted molar refractivity (Wildman–Crippen MR) is 64.5 cm³/mol. The van der Waals surface area contributed by atoms with Gasteiger partial charge in [-0.2, -0.15) is 0 Å². The van der Waals surface area contributed by atoms with Gasteiger partial charge in [0.2, 0.25) is 0 Å². The zero-order chi connectivity index (χ0) is 10.5. The van der Waals surface area contributed by atoms with Gasteiger partial charge >= 0.3 is 0 Å². The van der Waals surface area contributed by atoms with E-state index in [9.17, 15) is 4.79 Å². The molecule has 0 aliphatic heterocycles. The summed E-state index contributed by atoms with van der Waals surface area (Å²) in [5.41, 5.74) is 3.05. The Hall–Kier alpha value is -0.760. The number of hydrogen-bond donors (Lipinski definition) is 0. The van der Waals surface area contributed by atoms with Crippen molar-refractivity contribution in [3.8, 4) is 0 Å². The number of aryl methyl sites for hydroxylation is 2. The molecule has 2 heteroatoms. The van der Waals surface area contributed by atoms with E-state index >= 15 is 0 Å². The fourth-order valence-corrected chi connectivity index (χ4v) is 2.86. The lowest BCUT2D eigenvalue weighted by Crippen LogP contribution is -2.02. The molecule has 0 radical (unpaired) electrons. The third-order valence-corrected chi connectivity index (χ3v) is 3.85. The molecule has 1 aliphatic rings. The van der Waals surface area contributed by atoms with Crippen LogP contribution in [-0.4, -0.2) is 12.0 Å². The highest BCUT2D eigenvalue weighted by Crippen LogP contribution is 2.26. The van der Waals surface area contributed by atoms with Crippen molar-refractivity contribution in [2.24, 2.45) is 0 Å². The first-order chi connectivity index (χ1) is 7.40. The molecule has 0 aromatic heterocycles. The van der Waals surface area contributed by atoms with Gasteiger partial charge in [-0.1, -0.05) is 6.07 Å². The van der Waals surface area contributed by atoms with Crippen molar-refractivity contribution >= 4 is 18.0 Å². The fourth-order valence-electron chi connectivity index (χ4n) is 2.02. The Bertz CT molecular complexity index is 346. The zero-order valence-electron chi connectivity index (χ0n) is 8.87. The Morgan fingerprint density at radius 2 is 2.00 bits per heavy atom. The number of benzene rings is 1. The second-order valence-corrected chi connectivity index (χ2v) is 5.11. The van der Waals surface area contributed by atoms with Gasteiger partial charge in [-0.15, -0.1) is 11.8 Å². The van der Waals surface area contributed by atoms with E-state index in [1.807, 2.05) is 0 Å². The summed E-state index contributed by atoms with van der Waals surface area (Å²) in [5.74, 6) is 0.905. The SMILES string of the molecule is O=CCCSc1ccc2c(c1)CCCC2. The molecule has 0 unspecified atom stereocenters. The predicted octanol–water partition coefficient (Wildman–Crippen LogP) is 3.25. The van der Waals surface area contributed by atoms with Crippen LogP contribution in [0.25, 0.3) is 0 Å². The van der Waals surface area contributed by atoms with Gasteiger partial charge in [0.25, 0.3) is 0 Å². The minimum Gasteiger partial charge on any atom is -0.303 e. The third kappa shape index (κ3) is 2.85. The normalized spacial score (nSPS) is 14.7. The zero-order valence-corrected chi connectivity index (χ0v) is 9.69. The van der Waals surface area contributed by atoms with Gasteiger partial charge in [-0.3, -0.25) is 0 Å². The minimum absolute atomic E-state index is 0.655. The van der Waals surface area contributed by atoms with Crippen molar-refractivity contribution in [1.82, 2.24) is 0 Å². The number of fused-ring (bicyclic) bond motifs is 1. The van der Waals surface area contributed by atoms with Crippen LogP contribution in [-0.2, 0) is 17.6 Å². The second kappa shape index (κ2) is 5.36. The van der Waals surface area contributed by atoms with E-state index in [0.29, 0.717) is 6.42 Å². The molecule has 0 saturated heterocycles. The fraction of sp³-hybridized carbons (Fsp3) is 0.462. The molecule has 1 nitrogen and oxygen atoms in total. The second-order valence-electron chi connectivity index (χ2n) is 3.94. The van der Waals surface area contributed by atoms with E-state index in [0.717, 1.165) is 12.0 Å². The Morgan fingerprint density at radius 1 is 1.20 bits per heavy atom. The number of rotatable bonds is 4. The van der Waals surface area contributed by atoms with E-state index < -0.39 is 0 Å². The van der Waals surface area contributed by atoms with Crippen LogP contribution in [0.4, 0.5) is 0 Å². The molecule has 0 N–H and O–H groups in total. The molecule has 2 rings (SSSR count). The molecule has 0 atom stereocenters. The van der Waals surface area contributed by atoms with Crippen molar-refractivity contribution in [2.75, 3.05) is 5.75 Å². The highest BCUT2D eigenvalue weighted by atomic mass is 32.2. The maximum absolute atomic E-state index is 10.2. The van der Waals surface area contributed by atoms with Gasteiger partial charge in [0.15, 0.2) is 0 Å². The van der Waals surface area contributed by atoms with Crippen LogP contribution in [0.1, 0.15) is 30.4 Å². The monoisotopic (exact) mass is 220 g/mol. The van der Waals surface area contributed by atoms with Crippen LogP contribution in [0.2, 0.25) is 0 Å². The van der Waals surface area contributed by atoms with E-state index in [-0.39, 0.29) is 0 Å². The van der Waals surface area contributed by atoms with Gasteiger partial charge in [0.1, 0.15) is 6.29 Å². The molecular formula is C13H16OS. The first-order valence-electron chi connectivity index (χ1n) is 5.58. The van der Waals surface area contributed by atoms with E-state index in [4.69, 9.17) is 0 Å². The minimum atomic E-state index is 0.655. The first kappa shape index (κ1) is 10.7. The number of thioether (sulfide) groups is 1. The molecule has 1 aromatic carbocycles. The molecular weight excluding hydrogens is 204 g/mol. The maximum atomic E-state index is 10.2. The topological polar surface area (TPSA) is 17.1 Å². The van der Waals surface area contributed by atoms with Crippen LogP contribution in [0, 0.1) is 0 Å². The Labute approximate surface area is 95.3 Å². The van der Waals surface area contributed by atoms with Gasteiger partial charge < -0.3 is 4.79 Å². The van der Waals surface area contributed by atoms with Crippen LogP contribution in [0.3, 0.4) is 0 Å². The summed E-state index contributed by atoms with van der Waals surface area (Å²) in [4.78, 5) is 11.5. The van der Waals surface area contributed by atoms with Crippen LogP contribution >= 0.6 is 11.8 Å². The van der Waals surface area contributed by atoms with Crippen molar-refractivity contribution < 1.29 is 4.79 Å².